The molecule has 1 saturated heterocycles. The van der Waals surface area contributed by atoms with Crippen LogP contribution in [0.4, 0.5) is 5.69 Å². The Hall–Kier alpha value is -0.550. The Balaban J connectivity index is 1.95. The number of nitrogens with one attached hydrogen (secondary N) is 1. The van der Waals surface area contributed by atoms with Crippen LogP contribution >= 0.6 is 31.9 Å². The lowest BCUT2D eigenvalue weighted by molar-refractivity contribution is -0.128. The summed E-state index contributed by atoms with van der Waals surface area (Å²) in [5.74, 6) is 0.171. The number of carbonyl (C=O) groups excluding carboxylic acids is 1. The molecule has 2 rings (SSSR count). The molecular weight excluding hydrogens is 348 g/mol. The molecule has 1 heterocycles. The standard InChI is InChI=1S/C12H14Br2N2O/c13-9-4-3-5-10(14)12(9)15-8-11(17)16-6-1-2-7-16/h3-5,15H,1-2,6-8H2. The summed E-state index contributed by atoms with van der Waals surface area (Å²) in [5, 5.41) is 3.17. The van der Waals surface area contributed by atoms with Crippen molar-refractivity contribution in [2.24, 2.45) is 0 Å². The van der Waals surface area contributed by atoms with E-state index in [4.69, 9.17) is 0 Å². The van der Waals surface area contributed by atoms with Gasteiger partial charge in [-0.25, -0.2) is 0 Å². The molecule has 0 aromatic heterocycles. The van der Waals surface area contributed by atoms with Crippen molar-refractivity contribution in [3.63, 3.8) is 0 Å². The highest BCUT2D eigenvalue weighted by molar-refractivity contribution is 9.11. The first-order chi connectivity index (χ1) is 8.18. The van der Waals surface area contributed by atoms with E-state index in [1.165, 1.54) is 0 Å². The van der Waals surface area contributed by atoms with Crippen LogP contribution in [-0.2, 0) is 4.79 Å². The van der Waals surface area contributed by atoms with E-state index in [0.717, 1.165) is 40.6 Å². The molecule has 1 aliphatic rings. The Kier molecular flexibility index (Phi) is 4.45. The van der Waals surface area contributed by atoms with E-state index in [1.807, 2.05) is 23.1 Å². The van der Waals surface area contributed by atoms with Gasteiger partial charge in [0.15, 0.2) is 0 Å². The second kappa shape index (κ2) is 5.87. The summed E-state index contributed by atoms with van der Waals surface area (Å²) >= 11 is 6.93. The summed E-state index contributed by atoms with van der Waals surface area (Å²) in [6.07, 6.45) is 2.26. The molecule has 1 aliphatic heterocycles. The van der Waals surface area contributed by atoms with Crippen molar-refractivity contribution >= 4 is 43.5 Å². The molecule has 3 nitrogen and oxygen atoms in total. The van der Waals surface area contributed by atoms with Gasteiger partial charge in [0, 0.05) is 22.0 Å². The molecule has 1 fully saturated rings. The molecule has 0 unspecified atom stereocenters. The van der Waals surface area contributed by atoms with Gasteiger partial charge in [-0.3, -0.25) is 4.79 Å². The van der Waals surface area contributed by atoms with Crippen molar-refractivity contribution in [2.45, 2.75) is 12.8 Å². The van der Waals surface area contributed by atoms with Crippen molar-refractivity contribution in [2.75, 3.05) is 25.0 Å². The lowest BCUT2D eigenvalue weighted by Gasteiger charge is -2.17. The highest BCUT2D eigenvalue weighted by Crippen LogP contribution is 2.30. The monoisotopic (exact) mass is 360 g/mol. The van der Waals surface area contributed by atoms with Crippen molar-refractivity contribution < 1.29 is 4.79 Å². The van der Waals surface area contributed by atoms with Gasteiger partial charge in [-0.2, -0.15) is 0 Å². The molecule has 0 bridgehead atoms. The number of anilines is 1. The van der Waals surface area contributed by atoms with Gasteiger partial charge in [-0.15, -0.1) is 0 Å². The van der Waals surface area contributed by atoms with Gasteiger partial charge in [0.2, 0.25) is 5.91 Å². The molecule has 17 heavy (non-hydrogen) atoms. The fourth-order valence-electron chi connectivity index (χ4n) is 1.91. The summed E-state index contributed by atoms with van der Waals surface area (Å²) in [6.45, 7) is 2.15. The number of nitrogens with zero attached hydrogens (tertiary/aromatic N) is 1. The van der Waals surface area contributed by atoms with E-state index < -0.39 is 0 Å². The zero-order valence-corrected chi connectivity index (χ0v) is 12.6. The number of amides is 1. The summed E-state index contributed by atoms with van der Waals surface area (Å²) in [4.78, 5) is 13.8. The maximum Gasteiger partial charge on any atom is 0.241 e. The normalized spacial score (nSPS) is 15.1. The molecule has 0 spiro atoms. The van der Waals surface area contributed by atoms with Crippen molar-refractivity contribution in [1.82, 2.24) is 4.90 Å². The van der Waals surface area contributed by atoms with Gasteiger partial charge in [-0.05, 0) is 56.8 Å². The van der Waals surface area contributed by atoms with Gasteiger partial charge in [0.1, 0.15) is 0 Å². The fourth-order valence-corrected chi connectivity index (χ4v) is 3.19. The Labute approximate surface area is 118 Å². The highest BCUT2D eigenvalue weighted by atomic mass is 79.9. The first kappa shape index (κ1) is 12.9. The van der Waals surface area contributed by atoms with E-state index in [1.54, 1.807) is 0 Å². The fraction of sp³-hybridized carbons (Fsp3) is 0.417. The quantitative estimate of drug-likeness (QED) is 0.896. The molecule has 0 aliphatic carbocycles. The molecule has 0 radical (unpaired) electrons. The van der Waals surface area contributed by atoms with Gasteiger partial charge in [-0.1, -0.05) is 6.07 Å². The van der Waals surface area contributed by atoms with Crippen LogP contribution in [0.5, 0.6) is 0 Å². The summed E-state index contributed by atoms with van der Waals surface area (Å²) in [7, 11) is 0. The lowest BCUT2D eigenvalue weighted by atomic mass is 10.3. The van der Waals surface area contributed by atoms with E-state index in [2.05, 4.69) is 37.2 Å². The largest absolute Gasteiger partial charge is 0.374 e. The highest BCUT2D eigenvalue weighted by Gasteiger charge is 2.17. The number of hydrogen-bond acceptors (Lipinski definition) is 2. The summed E-state index contributed by atoms with van der Waals surface area (Å²) in [5.41, 5.74) is 0.931. The zero-order valence-electron chi connectivity index (χ0n) is 9.38. The van der Waals surface area contributed by atoms with Crippen molar-refractivity contribution in [3.05, 3.63) is 27.1 Å². The minimum absolute atomic E-state index is 0.171. The van der Waals surface area contributed by atoms with Crippen LogP contribution < -0.4 is 5.32 Å². The van der Waals surface area contributed by atoms with Crippen LogP contribution in [0.25, 0.3) is 0 Å². The van der Waals surface area contributed by atoms with Crippen molar-refractivity contribution in [3.8, 4) is 0 Å². The number of para-hydroxylation sites is 1. The molecular formula is C12H14Br2N2O. The predicted molar refractivity (Wildman–Crippen MR) is 76.1 cm³/mol. The SMILES string of the molecule is O=C(CNc1c(Br)cccc1Br)N1CCCC1. The smallest absolute Gasteiger partial charge is 0.241 e. The second-order valence-corrected chi connectivity index (χ2v) is 5.75. The third kappa shape index (κ3) is 3.22. The van der Waals surface area contributed by atoms with E-state index in [0.29, 0.717) is 6.54 Å². The first-order valence-electron chi connectivity index (χ1n) is 5.64. The number of rotatable bonds is 3. The average molecular weight is 362 g/mol. The molecule has 5 heteroatoms. The van der Waals surface area contributed by atoms with Gasteiger partial charge >= 0.3 is 0 Å². The van der Waals surface area contributed by atoms with Crippen LogP contribution in [0.3, 0.4) is 0 Å². The molecule has 0 saturated carbocycles. The number of benzene rings is 1. The predicted octanol–water partition coefficient (Wildman–Crippen LogP) is 3.25. The minimum atomic E-state index is 0.171. The van der Waals surface area contributed by atoms with Crippen molar-refractivity contribution in [1.29, 1.82) is 0 Å². The van der Waals surface area contributed by atoms with E-state index in [-0.39, 0.29) is 5.91 Å². The molecule has 1 aromatic carbocycles. The Morgan fingerprint density at radius 1 is 1.24 bits per heavy atom. The van der Waals surface area contributed by atoms with Gasteiger partial charge in [0.25, 0.3) is 0 Å². The second-order valence-electron chi connectivity index (χ2n) is 4.04. The average Bonchev–Trinajstić information content (AvgIpc) is 2.81. The number of carbonyl (C=O) groups is 1. The van der Waals surface area contributed by atoms with Gasteiger partial charge in [0.05, 0.1) is 12.2 Å². The van der Waals surface area contributed by atoms with Crippen LogP contribution in [0.2, 0.25) is 0 Å². The number of halogens is 2. The molecule has 92 valence electrons. The van der Waals surface area contributed by atoms with Crippen LogP contribution in [-0.4, -0.2) is 30.4 Å². The third-order valence-corrected chi connectivity index (χ3v) is 4.16. The molecule has 1 aromatic rings. The first-order valence-corrected chi connectivity index (χ1v) is 7.23. The Bertz CT molecular complexity index is 397. The van der Waals surface area contributed by atoms with Crippen LogP contribution in [0.1, 0.15) is 12.8 Å². The topological polar surface area (TPSA) is 32.3 Å². The number of likely N-dealkylation sites (tertiary alicyclic amines) is 1. The lowest BCUT2D eigenvalue weighted by Crippen LogP contribution is -2.33. The molecule has 1 amide bonds. The van der Waals surface area contributed by atoms with Crippen LogP contribution in [0, 0.1) is 0 Å². The van der Waals surface area contributed by atoms with Gasteiger partial charge < -0.3 is 10.2 Å². The van der Waals surface area contributed by atoms with E-state index in [9.17, 15) is 4.79 Å². The Morgan fingerprint density at radius 2 is 1.82 bits per heavy atom. The minimum Gasteiger partial charge on any atom is -0.374 e. The molecule has 0 atom stereocenters. The number of hydrogen-bond donors (Lipinski definition) is 1. The Morgan fingerprint density at radius 3 is 2.41 bits per heavy atom. The molecule has 1 N–H and O–H groups in total. The van der Waals surface area contributed by atoms with E-state index >= 15 is 0 Å². The maximum atomic E-state index is 11.9. The van der Waals surface area contributed by atoms with Crippen LogP contribution in [0.15, 0.2) is 27.1 Å². The third-order valence-electron chi connectivity index (χ3n) is 2.84. The maximum absolute atomic E-state index is 11.9. The summed E-state index contributed by atoms with van der Waals surface area (Å²) in [6, 6.07) is 5.85. The summed E-state index contributed by atoms with van der Waals surface area (Å²) < 4.78 is 1.92. The zero-order chi connectivity index (χ0) is 12.3.